The van der Waals surface area contributed by atoms with E-state index in [1.807, 2.05) is 0 Å². The van der Waals surface area contributed by atoms with Gasteiger partial charge in [-0.1, -0.05) is 12.2 Å². The van der Waals surface area contributed by atoms with Gasteiger partial charge in [0.1, 0.15) is 6.04 Å². The van der Waals surface area contributed by atoms with E-state index in [0.29, 0.717) is 12.5 Å². The average molecular weight is 384 g/mol. The SMILES string of the molecule is C/C=C/CC(NC(=O)c1cc(N2CCCC2=O)cc(C(F)(F)F)c1)C(=O)O. The van der Waals surface area contributed by atoms with Crippen molar-refractivity contribution in [3.05, 3.63) is 41.5 Å². The van der Waals surface area contributed by atoms with Crippen LogP contribution in [0.1, 0.15) is 42.1 Å². The van der Waals surface area contributed by atoms with Gasteiger partial charge in [0.15, 0.2) is 0 Å². The number of benzene rings is 1. The second kappa shape index (κ2) is 8.24. The van der Waals surface area contributed by atoms with E-state index in [0.717, 1.165) is 6.07 Å². The van der Waals surface area contributed by atoms with Crippen molar-refractivity contribution in [2.24, 2.45) is 0 Å². The van der Waals surface area contributed by atoms with Crippen LogP contribution >= 0.6 is 0 Å². The molecule has 1 fully saturated rings. The number of nitrogens with one attached hydrogen (secondary N) is 1. The predicted molar refractivity (Wildman–Crippen MR) is 91.4 cm³/mol. The van der Waals surface area contributed by atoms with Crippen LogP contribution in [-0.2, 0) is 15.8 Å². The number of halogens is 3. The summed E-state index contributed by atoms with van der Waals surface area (Å²) < 4.78 is 39.6. The molecule has 0 spiro atoms. The molecule has 2 rings (SSSR count). The molecule has 0 aliphatic carbocycles. The minimum absolute atomic E-state index is 0.00595. The van der Waals surface area contributed by atoms with Gasteiger partial charge in [0.2, 0.25) is 5.91 Å². The highest BCUT2D eigenvalue weighted by Gasteiger charge is 2.34. The van der Waals surface area contributed by atoms with Crippen LogP contribution in [0.2, 0.25) is 0 Å². The summed E-state index contributed by atoms with van der Waals surface area (Å²) in [6.07, 6.45) is -0.856. The summed E-state index contributed by atoms with van der Waals surface area (Å²) >= 11 is 0. The van der Waals surface area contributed by atoms with Crippen LogP contribution in [0.3, 0.4) is 0 Å². The Labute approximate surface area is 153 Å². The molecule has 1 aromatic rings. The maximum Gasteiger partial charge on any atom is 0.416 e. The van der Waals surface area contributed by atoms with Crippen molar-refractivity contribution < 1.29 is 32.7 Å². The lowest BCUT2D eigenvalue weighted by Crippen LogP contribution is -2.40. The summed E-state index contributed by atoms with van der Waals surface area (Å²) in [4.78, 5) is 36.7. The summed E-state index contributed by atoms with van der Waals surface area (Å²) in [5.74, 6) is -2.58. The summed E-state index contributed by atoms with van der Waals surface area (Å²) in [5, 5.41) is 11.4. The van der Waals surface area contributed by atoms with Crippen molar-refractivity contribution >= 4 is 23.5 Å². The van der Waals surface area contributed by atoms with Crippen molar-refractivity contribution in [1.82, 2.24) is 5.32 Å². The minimum Gasteiger partial charge on any atom is -0.480 e. The van der Waals surface area contributed by atoms with E-state index in [2.05, 4.69) is 5.32 Å². The van der Waals surface area contributed by atoms with Gasteiger partial charge in [0.05, 0.1) is 5.56 Å². The van der Waals surface area contributed by atoms with E-state index in [-0.39, 0.29) is 36.5 Å². The first-order valence-electron chi connectivity index (χ1n) is 8.31. The van der Waals surface area contributed by atoms with Gasteiger partial charge in [-0.15, -0.1) is 0 Å². The Bertz CT molecular complexity index is 774. The molecule has 1 heterocycles. The van der Waals surface area contributed by atoms with Gasteiger partial charge in [-0.25, -0.2) is 4.79 Å². The number of carbonyl (C=O) groups excluding carboxylic acids is 2. The maximum absolute atomic E-state index is 13.2. The van der Waals surface area contributed by atoms with Crippen LogP contribution in [0.15, 0.2) is 30.4 Å². The Hall–Kier alpha value is -2.84. The maximum atomic E-state index is 13.2. The fourth-order valence-electron chi connectivity index (χ4n) is 2.72. The van der Waals surface area contributed by atoms with Gasteiger partial charge in [-0.05, 0) is 38.0 Å². The van der Waals surface area contributed by atoms with E-state index in [1.165, 1.54) is 17.0 Å². The first-order chi connectivity index (χ1) is 12.6. The normalized spacial score (nSPS) is 16.0. The Balaban J connectivity index is 2.37. The molecule has 27 heavy (non-hydrogen) atoms. The second-order valence-corrected chi connectivity index (χ2v) is 6.08. The third-order valence-corrected chi connectivity index (χ3v) is 4.10. The first kappa shape index (κ1) is 20.5. The standard InChI is InChI=1S/C18H19F3N2O4/c1-2-3-5-14(17(26)27)22-16(25)11-8-12(18(19,20)21)10-13(9-11)23-7-4-6-15(23)24/h2-3,8-10,14H,4-7H2,1H3,(H,22,25)(H,26,27)/b3-2+. The number of anilines is 1. The molecule has 2 N–H and O–H groups in total. The molecule has 1 unspecified atom stereocenters. The number of hydrogen-bond donors (Lipinski definition) is 2. The van der Waals surface area contributed by atoms with E-state index in [9.17, 15) is 27.6 Å². The Kier molecular flexibility index (Phi) is 6.24. The summed E-state index contributed by atoms with van der Waals surface area (Å²) in [6, 6.07) is 1.35. The van der Waals surface area contributed by atoms with Crippen LogP contribution in [0.5, 0.6) is 0 Å². The summed E-state index contributed by atoms with van der Waals surface area (Å²) in [6.45, 7) is 1.94. The van der Waals surface area contributed by atoms with E-state index >= 15 is 0 Å². The third kappa shape index (κ3) is 5.08. The lowest BCUT2D eigenvalue weighted by atomic mass is 10.1. The van der Waals surface area contributed by atoms with Crippen molar-refractivity contribution in [2.45, 2.75) is 38.4 Å². The second-order valence-electron chi connectivity index (χ2n) is 6.08. The molecule has 146 valence electrons. The Morgan fingerprint density at radius 3 is 2.56 bits per heavy atom. The van der Waals surface area contributed by atoms with Gasteiger partial charge < -0.3 is 15.3 Å². The molecule has 2 amide bonds. The summed E-state index contributed by atoms with van der Waals surface area (Å²) in [7, 11) is 0. The highest BCUT2D eigenvalue weighted by molar-refractivity contribution is 6.00. The van der Waals surface area contributed by atoms with Crippen LogP contribution in [-0.4, -0.2) is 35.5 Å². The molecule has 1 saturated heterocycles. The van der Waals surface area contributed by atoms with Gasteiger partial charge in [-0.2, -0.15) is 13.2 Å². The van der Waals surface area contributed by atoms with Crippen LogP contribution in [0.25, 0.3) is 0 Å². The molecule has 0 saturated carbocycles. The van der Waals surface area contributed by atoms with Crippen LogP contribution in [0.4, 0.5) is 18.9 Å². The molecule has 1 aromatic carbocycles. The van der Waals surface area contributed by atoms with Crippen LogP contribution in [0, 0.1) is 0 Å². The van der Waals surface area contributed by atoms with Crippen molar-refractivity contribution in [1.29, 1.82) is 0 Å². The number of carboxylic acids is 1. The Morgan fingerprint density at radius 2 is 2.04 bits per heavy atom. The first-order valence-corrected chi connectivity index (χ1v) is 8.31. The van der Waals surface area contributed by atoms with Gasteiger partial charge in [0.25, 0.3) is 5.91 Å². The summed E-state index contributed by atoms with van der Waals surface area (Å²) in [5.41, 5.74) is -1.46. The number of alkyl halides is 3. The fourth-order valence-corrected chi connectivity index (χ4v) is 2.72. The number of carbonyl (C=O) groups is 3. The molecular formula is C18H19F3N2O4. The number of aliphatic carboxylic acids is 1. The van der Waals surface area contributed by atoms with Crippen molar-refractivity contribution in [3.8, 4) is 0 Å². The number of allylic oxidation sites excluding steroid dienone is 1. The quantitative estimate of drug-likeness (QED) is 0.739. The predicted octanol–water partition coefficient (Wildman–Crippen LogP) is 2.98. The molecule has 1 aliphatic heterocycles. The molecule has 9 heteroatoms. The van der Waals surface area contributed by atoms with Gasteiger partial charge in [-0.3, -0.25) is 9.59 Å². The van der Waals surface area contributed by atoms with Crippen molar-refractivity contribution in [3.63, 3.8) is 0 Å². The Morgan fingerprint density at radius 1 is 1.33 bits per heavy atom. The van der Waals surface area contributed by atoms with E-state index in [4.69, 9.17) is 5.11 Å². The van der Waals surface area contributed by atoms with Gasteiger partial charge >= 0.3 is 12.1 Å². The monoisotopic (exact) mass is 384 g/mol. The molecule has 6 nitrogen and oxygen atoms in total. The number of nitrogens with zero attached hydrogens (tertiary/aromatic N) is 1. The lowest BCUT2D eigenvalue weighted by molar-refractivity contribution is -0.139. The molecule has 1 aliphatic rings. The molecule has 0 aromatic heterocycles. The smallest absolute Gasteiger partial charge is 0.416 e. The number of rotatable bonds is 6. The fraction of sp³-hybridized carbons (Fsp3) is 0.389. The highest BCUT2D eigenvalue weighted by Crippen LogP contribution is 2.34. The number of amides is 2. The minimum atomic E-state index is -4.72. The molecule has 0 bridgehead atoms. The molecular weight excluding hydrogens is 365 g/mol. The van der Waals surface area contributed by atoms with Gasteiger partial charge in [0, 0.05) is 24.2 Å². The number of hydrogen-bond acceptors (Lipinski definition) is 3. The van der Waals surface area contributed by atoms with E-state index in [1.54, 1.807) is 13.0 Å². The van der Waals surface area contributed by atoms with E-state index < -0.39 is 29.7 Å². The lowest BCUT2D eigenvalue weighted by Gasteiger charge is -2.20. The zero-order valence-electron chi connectivity index (χ0n) is 14.5. The molecule has 1 atom stereocenters. The zero-order valence-corrected chi connectivity index (χ0v) is 14.5. The molecule has 0 radical (unpaired) electrons. The third-order valence-electron chi connectivity index (χ3n) is 4.10. The van der Waals surface area contributed by atoms with Crippen molar-refractivity contribution in [2.75, 3.05) is 11.4 Å². The average Bonchev–Trinajstić information content (AvgIpc) is 3.03. The topological polar surface area (TPSA) is 86.7 Å². The van der Waals surface area contributed by atoms with Crippen LogP contribution < -0.4 is 10.2 Å². The number of carboxylic acid groups (broad SMARTS) is 1. The highest BCUT2D eigenvalue weighted by atomic mass is 19.4. The zero-order chi connectivity index (χ0) is 20.2. The largest absolute Gasteiger partial charge is 0.480 e.